The highest BCUT2D eigenvalue weighted by molar-refractivity contribution is 7.89. The molecule has 1 unspecified atom stereocenters. The molecule has 1 atom stereocenters. The van der Waals surface area contributed by atoms with Gasteiger partial charge in [-0.25, -0.2) is 17.5 Å². The molecule has 1 aliphatic rings. The Morgan fingerprint density at radius 1 is 1.45 bits per heavy atom. The van der Waals surface area contributed by atoms with Crippen molar-refractivity contribution >= 4 is 34.0 Å². The molecule has 20 heavy (non-hydrogen) atoms. The Morgan fingerprint density at radius 2 is 2.20 bits per heavy atom. The van der Waals surface area contributed by atoms with E-state index in [9.17, 15) is 12.8 Å². The van der Waals surface area contributed by atoms with Gasteiger partial charge in [-0.15, -0.1) is 12.4 Å². The molecule has 1 aromatic carbocycles. The second kappa shape index (κ2) is 7.56. The number of halogens is 3. The normalized spacial score (nSPS) is 18.8. The molecule has 0 amide bonds. The quantitative estimate of drug-likeness (QED) is 0.862. The predicted octanol–water partition coefficient (Wildman–Crippen LogP) is 2.18. The highest BCUT2D eigenvalue weighted by Gasteiger charge is 2.19. The summed E-state index contributed by atoms with van der Waals surface area (Å²) >= 11 is 5.75. The molecular weight excluding hydrogens is 326 g/mol. The molecular formula is C12H17Cl2FN2O2S. The molecule has 0 spiro atoms. The minimum atomic E-state index is -3.67. The number of sulfonamides is 1. The van der Waals surface area contributed by atoms with Gasteiger partial charge < -0.3 is 5.32 Å². The first-order valence-corrected chi connectivity index (χ1v) is 8.00. The Labute approximate surface area is 129 Å². The Bertz CT molecular complexity index is 548. The fourth-order valence-electron chi connectivity index (χ4n) is 2.13. The highest BCUT2D eigenvalue weighted by Crippen LogP contribution is 2.22. The minimum absolute atomic E-state index is 0. The summed E-state index contributed by atoms with van der Waals surface area (Å²) in [6, 6.07) is 3.26. The van der Waals surface area contributed by atoms with Crippen molar-refractivity contribution in [1.29, 1.82) is 0 Å². The van der Waals surface area contributed by atoms with Crippen LogP contribution in [0.3, 0.4) is 0 Å². The molecule has 4 nitrogen and oxygen atoms in total. The lowest BCUT2D eigenvalue weighted by Crippen LogP contribution is -2.27. The lowest BCUT2D eigenvalue weighted by atomic mass is 10.1. The maximum Gasteiger partial charge on any atom is 0.242 e. The summed E-state index contributed by atoms with van der Waals surface area (Å²) in [6.45, 7) is 2.28. The van der Waals surface area contributed by atoms with Gasteiger partial charge in [-0.3, -0.25) is 0 Å². The number of benzene rings is 1. The number of rotatable bonds is 5. The van der Waals surface area contributed by atoms with Crippen LogP contribution in [-0.4, -0.2) is 28.1 Å². The van der Waals surface area contributed by atoms with Crippen molar-refractivity contribution < 1.29 is 12.8 Å². The van der Waals surface area contributed by atoms with Crippen molar-refractivity contribution in [2.45, 2.75) is 17.7 Å². The largest absolute Gasteiger partial charge is 0.316 e. The van der Waals surface area contributed by atoms with Gasteiger partial charge in [0.1, 0.15) is 10.7 Å². The second-order valence-electron chi connectivity index (χ2n) is 4.62. The molecule has 1 saturated heterocycles. The zero-order valence-corrected chi connectivity index (χ0v) is 13.1. The van der Waals surface area contributed by atoms with E-state index >= 15 is 0 Å². The molecule has 1 aromatic rings. The molecule has 1 fully saturated rings. The minimum Gasteiger partial charge on any atom is -0.316 e. The Hall–Kier alpha value is -0.400. The molecule has 1 heterocycles. The number of nitrogens with one attached hydrogen (secondary N) is 2. The van der Waals surface area contributed by atoms with Crippen LogP contribution in [-0.2, 0) is 10.0 Å². The van der Waals surface area contributed by atoms with Crippen LogP contribution in [0.15, 0.2) is 23.1 Å². The SMILES string of the molecule is Cl.O=S(=O)(NCCC1CCNC1)c1ccc(F)cc1Cl. The van der Waals surface area contributed by atoms with Crippen LogP contribution >= 0.6 is 24.0 Å². The summed E-state index contributed by atoms with van der Waals surface area (Å²) in [5.74, 6) is -0.0487. The third-order valence-corrected chi connectivity index (χ3v) is 5.13. The molecule has 0 radical (unpaired) electrons. The van der Waals surface area contributed by atoms with Gasteiger partial charge in [0.05, 0.1) is 5.02 Å². The standard InChI is InChI=1S/C12H16ClFN2O2S.ClH/c13-11-7-10(14)1-2-12(11)19(17,18)16-6-4-9-3-5-15-8-9;/h1-2,7,9,15-16H,3-6,8H2;1H. The third-order valence-electron chi connectivity index (χ3n) is 3.19. The smallest absolute Gasteiger partial charge is 0.242 e. The fourth-order valence-corrected chi connectivity index (χ4v) is 3.71. The van der Waals surface area contributed by atoms with Gasteiger partial charge in [0, 0.05) is 6.54 Å². The summed E-state index contributed by atoms with van der Waals surface area (Å²) in [4.78, 5) is -0.0832. The van der Waals surface area contributed by atoms with E-state index in [1.807, 2.05) is 0 Å². The van der Waals surface area contributed by atoms with Gasteiger partial charge in [-0.1, -0.05) is 11.6 Å². The highest BCUT2D eigenvalue weighted by atomic mass is 35.5. The van der Waals surface area contributed by atoms with Gasteiger partial charge in [0.25, 0.3) is 0 Å². The van der Waals surface area contributed by atoms with E-state index in [2.05, 4.69) is 10.0 Å². The molecule has 0 saturated carbocycles. The first-order chi connectivity index (χ1) is 8.99. The summed E-state index contributed by atoms with van der Waals surface area (Å²) < 4.78 is 39.4. The first-order valence-electron chi connectivity index (χ1n) is 6.14. The molecule has 0 aromatic heterocycles. The molecule has 2 rings (SSSR count). The van der Waals surface area contributed by atoms with Crippen LogP contribution in [0.2, 0.25) is 5.02 Å². The van der Waals surface area contributed by atoms with Crippen LogP contribution in [0.1, 0.15) is 12.8 Å². The summed E-state index contributed by atoms with van der Waals surface area (Å²) in [5, 5.41) is 3.13. The van der Waals surface area contributed by atoms with Crippen molar-refractivity contribution in [3.8, 4) is 0 Å². The fraction of sp³-hybridized carbons (Fsp3) is 0.500. The van der Waals surface area contributed by atoms with E-state index in [0.717, 1.165) is 38.1 Å². The van der Waals surface area contributed by atoms with E-state index < -0.39 is 15.8 Å². The van der Waals surface area contributed by atoms with Crippen molar-refractivity contribution in [2.24, 2.45) is 5.92 Å². The Kier molecular flexibility index (Phi) is 6.68. The Balaban J connectivity index is 0.00000200. The van der Waals surface area contributed by atoms with E-state index in [1.54, 1.807) is 0 Å². The van der Waals surface area contributed by atoms with Crippen molar-refractivity contribution in [3.63, 3.8) is 0 Å². The topological polar surface area (TPSA) is 58.2 Å². The average molecular weight is 343 g/mol. The van der Waals surface area contributed by atoms with Gasteiger partial charge >= 0.3 is 0 Å². The zero-order valence-electron chi connectivity index (χ0n) is 10.7. The summed E-state index contributed by atoms with van der Waals surface area (Å²) in [5.41, 5.74) is 0. The van der Waals surface area contributed by atoms with Gasteiger partial charge in [0.2, 0.25) is 10.0 Å². The van der Waals surface area contributed by atoms with E-state index in [0.29, 0.717) is 12.5 Å². The third kappa shape index (κ3) is 4.56. The van der Waals surface area contributed by atoms with Crippen LogP contribution in [0.25, 0.3) is 0 Å². The number of hydrogen-bond donors (Lipinski definition) is 2. The maximum absolute atomic E-state index is 12.9. The predicted molar refractivity (Wildman–Crippen MR) is 79.4 cm³/mol. The molecule has 2 N–H and O–H groups in total. The summed E-state index contributed by atoms with van der Waals surface area (Å²) in [6.07, 6.45) is 1.85. The Morgan fingerprint density at radius 3 is 2.80 bits per heavy atom. The van der Waals surface area contributed by atoms with E-state index in [1.165, 1.54) is 6.07 Å². The van der Waals surface area contributed by atoms with Crippen molar-refractivity contribution in [1.82, 2.24) is 10.0 Å². The maximum atomic E-state index is 12.9. The van der Waals surface area contributed by atoms with Crippen LogP contribution in [0.4, 0.5) is 4.39 Å². The van der Waals surface area contributed by atoms with Crippen molar-refractivity contribution in [3.05, 3.63) is 29.0 Å². The van der Waals surface area contributed by atoms with Gasteiger partial charge in [-0.2, -0.15) is 0 Å². The monoisotopic (exact) mass is 342 g/mol. The summed E-state index contributed by atoms with van der Waals surface area (Å²) in [7, 11) is -3.67. The lowest BCUT2D eigenvalue weighted by Gasteiger charge is -2.11. The van der Waals surface area contributed by atoms with E-state index in [-0.39, 0.29) is 22.3 Å². The van der Waals surface area contributed by atoms with Crippen molar-refractivity contribution in [2.75, 3.05) is 19.6 Å². The van der Waals surface area contributed by atoms with Crippen LogP contribution < -0.4 is 10.0 Å². The van der Waals surface area contributed by atoms with E-state index in [4.69, 9.17) is 11.6 Å². The zero-order chi connectivity index (χ0) is 13.9. The van der Waals surface area contributed by atoms with Gasteiger partial charge in [0.15, 0.2) is 0 Å². The molecule has 0 aliphatic carbocycles. The van der Waals surface area contributed by atoms with Gasteiger partial charge in [-0.05, 0) is 50.0 Å². The first kappa shape index (κ1) is 17.7. The molecule has 0 bridgehead atoms. The molecule has 1 aliphatic heterocycles. The second-order valence-corrected chi connectivity index (χ2v) is 6.76. The number of hydrogen-bond acceptors (Lipinski definition) is 3. The molecule has 8 heteroatoms. The van der Waals surface area contributed by atoms with Crippen LogP contribution in [0.5, 0.6) is 0 Å². The lowest BCUT2D eigenvalue weighted by molar-refractivity contribution is 0.519. The van der Waals surface area contributed by atoms with Crippen LogP contribution in [0, 0.1) is 11.7 Å². The molecule has 114 valence electrons. The average Bonchev–Trinajstić information content (AvgIpc) is 2.81.